The van der Waals surface area contributed by atoms with Crippen LogP contribution in [0.2, 0.25) is 0 Å². The van der Waals surface area contributed by atoms with Gasteiger partial charge in [0.05, 0.1) is 0 Å². The Labute approximate surface area is 249 Å². The van der Waals surface area contributed by atoms with Crippen molar-refractivity contribution < 1.29 is 229 Å². The summed E-state index contributed by atoms with van der Waals surface area (Å²) < 4.78 is 3.97. The van der Waals surface area contributed by atoms with Gasteiger partial charge in [-0.05, 0) is 0 Å². The second kappa shape index (κ2) is 65.9. The van der Waals surface area contributed by atoms with Gasteiger partial charge in [0.1, 0.15) is 0 Å². The molecule has 0 saturated carbocycles. The van der Waals surface area contributed by atoms with Gasteiger partial charge in [-0.25, -0.2) is 0 Å². The summed E-state index contributed by atoms with van der Waals surface area (Å²) in [4.78, 5) is 19.6. The molecule has 0 atom stereocenters. The number of hydrogen-bond donors (Lipinski definition) is 0. The van der Waals surface area contributed by atoms with Crippen molar-refractivity contribution in [3.63, 3.8) is 0 Å². The van der Waals surface area contributed by atoms with Crippen molar-refractivity contribution in [2.75, 3.05) is 0 Å². The van der Waals surface area contributed by atoms with Crippen molar-refractivity contribution in [1.29, 1.82) is 0 Å². The molecule has 139 valence electrons. The topological polar surface area (TPSA) is 43.4 Å². The normalized spacial score (nSPS) is 3.00. The number of carbonyl (C=O) groups excluding carboxylic acids is 2. The number of esters is 2. The predicted molar refractivity (Wildman–Crippen MR) is 22.4 cm³/mol. The maximum atomic E-state index is 9.81. The SMILES string of the molecule is CC(=O)OC(C)=O.[Rh].[Rh].[Rh].[Rh].[Rh].[Rh].[Rh].[Rh].[Rh].[Rh].[Rh]. The molecule has 0 aromatic heterocycles. The molecule has 0 bridgehead atoms. The van der Waals surface area contributed by atoms with Crippen molar-refractivity contribution in [3.8, 4) is 0 Å². The maximum absolute atomic E-state index is 9.81. The van der Waals surface area contributed by atoms with E-state index in [1.807, 2.05) is 0 Å². The van der Waals surface area contributed by atoms with E-state index in [0.29, 0.717) is 0 Å². The Hall–Kier alpha value is 6.00. The zero-order chi connectivity index (χ0) is 5.86. The number of ether oxygens (including phenoxy) is 1. The van der Waals surface area contributed by atoms with E-state index >= 15 is 0 Å². The van der Waals surface area contributed by atoms with Crippen LogP contribution < -0.4 is 0 Å². The fraction of sp³-hybridized carbons (Fsp3) is 0.500. The fourth-order valence-electron chi connectivity index (χ4n) is 0.202. The second-order valence-electron chi connectivity index (χ2n) is 1.09. The Morgan fingerprint density at radius 2 is 0.611 bits per heavy atom. The monoisotopic (exact) mass is 1230 g/mol. The Morgan fingerprint density at radius 3 is 0.611 bits per heavy atom. The standard InChI is InChI=1S/C4H6O3.11Rh/c1-3(5)7-4(2)6;;;;;;;;;;;/h1-2H3;;;;;;;;;;;. The van der Waals surface area contributed by atoms with Crippen LogP contribution in [-0.2, 0) is 229 Å². The predicted octanol–water partition coefficient (Wildman–Crippen LogP) is 0.0685. The first-order chi connectivity index (χ1) is 3.13. The molecule has 0 aromatic rings. The van der Waals surface area contributed by atoms with Gasteiger partial charge in [0, 0.05) is 228 Å². The first kappa shape index (κ1) is 88.2. The molecular weight excluding hydrogens is 1230 g/mol. The van der Waals surface area contributed by atoms with E-state index in [2.05, 4.69) is 4.74 Å². The van der Waals surface area contributed by atoms with Gasteiger partial charge in [0.2, 0.25) is 0 Å². The Balaban J connectivity index is -0.00000000327. The molecule has 0 unspecified atom stereocenters. The molecule has 0 aliphatic heterocycles. The van der Waals surface area contributed by atoms with E-state index in [9.17, 15) is 9.59 Å². The summed E-state index contributed by atoms with van der Waals surface area (Å²) in [5, 5.41) is 0. The fourth-order valence-corrected chi connectivity index (χ4v) is 0.202. The summed E-state index contributed by atoms with van der Waals surface area (Å²) in [6.45, 7) is 2.36. The van der Waals surface area contributed by atoms with Crippen LogP contribution >= 0.6 is 0 Å². The van der Waals surface area contributed by atoms with Crippen molar-refractivity contribution in [3.05, 3.63) is 0 Å². The van der Waals surface area contributed by atoms with Crippen LogP contribution in [0, 0.1) is 0 Å². The minimum atomic E-state index is -0.562. The first-order valence-electron chi connectivity index (χ1n) is 1.82. The Bertz CT molecular complexity index is 100. The molecule has 0 aliphatic rings. The third-order valence-corrected chi connectivity index (χ3v) is 0.287. The zero-order valence-electron chi connectivity index (χ0n) is 7.89. The van der Waals surface area contributed by atoms with Gasteiger partial charge in [-0.15, -0.1) is 0 Å². The van der Waals surface area contributed by atoms with Crippen LogP contribution in [0.1, 0.15) is 13.8 Å². The molecule has 18 heavy (non-hydrogen) atoms. The van der Waals surface area contributed by atoms with E-state index < -0.39 is 11.9 Å². The third-order valence-electron chi connectivity index (χ3n) is 0.287. The largest absolute Gasteiger partial charge is 0.394 e. The number of hydrogen-bond acceptors (Lipinski definition) is 3. The van der Waals surface area contributed by atoms with E-state index in [-0.39, 0.29) is 214 Å². The van der Waals surface area contributed by atoms with Crippen molar-refractivity contribution in [2.24, 2.45) is 0 Å². The van der Waals surface area contributed by atoms with Crippen LogP contribution in [0.25, 0.3) is 0 Å². The van der Waals surface area contributed by atoms with Gasteiger partial charge >= 0.3 is 11.9 Å². The van der Waals surface area contributed by atoms with Gasteiger partial charge in [-0.3, -0.25) is 9.59 Å². The molecule has 0 N–H and O–H groups in total. The van der Waals surface area contributed by atoms with Crippen LogP contribution in [0.15, 0.2) is 0 Å². The van der Waals surface area contributed by atoms with E-state index in [4.69, 9.17) is 0 Å². The van der Waals surface area contributed by atoms with Gasteiger partial charge < -0.3 is 4.74 Å². The quantitative estimate of drug-likeness (QED) is 0.196. The van der Waals surface area contributed by atoms with Crippen molar-refractivity contribution in [2.45, 2.75) is 13.8 Å². The van der Waals surface area contributed by atoms with E-state index in [0.717, 1.165) is 0 Å². The molecule has 0 saturated heterocycles. The summed E-state index contributed by atoms with van der Waals surface area (Å²) in [5.74, 6) is -1.12. The van der Waals surface area contributed by atoms with Crippen LogP contribution in [0.4, 0.5) is 0 Å². The second-order valence-corrected chi connectivity index (χ2v) is 1.09. The van der Waals surface area contributed by atoms with Crippen LogP contribution in [0.5, 0.6) is 0 Å². The van der Waals surface area contributed by atoms with Gasteiger partial charge in [0.15, 0.2) is 0 Å². The van der Waals surface area contributed by atoms with Crippen molar-refractivity contribution in [1.82, 2.24) is 0 Å². The molecule has 14 heteroatoms. The molecule has 3 nitrogen and oxygen atoms in total. The summed E-state index contributed by atoms with van der Waals surface area (Å²) in [5.41, 5.74) is 0. The molecule has 0 aromatic carbocycles. The molecule has 0 spiro atoms. The van der Waals surface area contributed by atoms with E-state index in [1.165, 1.54) is 13.8 Å². The first-order valence-corrected chi connectivity index (χ1v) is 1.82. The molecule has 0 aliphatic carbocycles. The smallest absolute Gasteiger partial charge is 0.310 e. The number of rotatable bonds is 0. The van der Waals surface area contributed by atoms with Crippen LogP contribution in [0.3, 0.4) is 0 Å². The average molecular weight is 1230 g/mol. The minimum absolute atomic E-state index is 0. The molecule has 0 heterocycles. The Morgan fingerprint density at radius 1 is 0.500 bits per heavy atom. The molecule has 0 amide bonds. The molecule has 0 rings (SSSR count). The maximum Gasteiger partial charge on any atom is 0.310 e. The molecular formula is C4H6O3Rh11. The van der Waals surface area contributed by atoms with Gasteiger partial charge in [-0.1, -0.05) is 0 Å². The van der Waals surface area contributed by atoms with E-state index in [1.54, 1.807) is 0 Å². The third kappa shape index (κ3) is 97.0. The molecule has 0 fully saturated rings. The van der Waals surface area contributed by atoms with Gasteiger partial charge in [-0.2, -0.15) is 0 Å². The zero-order valence-corrected chi connectivity index (χ0v) is 25.9. The Kier molecular flexibility index (Phi) is 323. The average Bonchev–Trinajstić information content (AvgIpc) is 1.27. The van der Waals surface area contributed by atoms with Crippen LogP contribution in [-0.4, -0.2) is 11.9 Å². The molecule has 11 radical (unpaired) electrons. The van der Waals surface area contributed by atoms with Gasteiger partial charge in [0.25, 0.3) is 0 Å². The summed E-state index contributed by atoms with van der Waals surface area (Å²) in [6, 6.07) is 0. The summed E-state index contributed by atoms with van der Waals surface area (Å²) in [6.07, 6.45) is 0. The summed E-state index contributed by atoms with van der Waals surface area (Å²) >= 11 is 0. The number of carbonyl (C=O) groups is 2. The van der Waals surface area contributed by atoms with Crippen molar-refractivity contribution >= 4 is 11.9 Å². The minimum Gasteiger partial charge on any atom is -0.394 e. The summed E-state index contributed by atoms with van der Waals surface area (Å²) in [7, 11) is 0.